The molecule has 112 valence electrons. The summed E-state index contributed by atoms with van der Waals surface area (Å²) in [6.07, 6.45) is -4.37. The molecule has 0 radical (unpaired) electrons. The van der Waals surface area contributed by atoms with Gasteiger partial charge in [0, 0.05) is 12.6 Å². The van der Waals surface area contributed by atoms with Crippen LogP contribution in [0.25, 0.3) is 0 Å². The lowest BCUT2D eigenvalue weighted by Crippen LogP contribution is -2.15. The topological polar surface area (TPSA) is 63.8 Å². The molecule has 0 saturated carbocycles. The summed E-state index contributed by atoms with van der Waals surface area (Å²) >= 11 is 0. The van der Waals surface area contributed by atoms with Crippen molar-refractivity contribution in [2.24, 2.45) is 0 Å². The number of benzene rings is 1. The Bertz CT molecular complexity index is 628. The molecular formula is C13H12F4N4. The first-order chi connectivity index (χ1) is 9.86. The predicted octanol–water partition coefficient (Wildman–Crippen LogP) is 2.87. The molecule has 0 aliphatic rings. The number of hydrogen-bond acceptors (Lipinski definition) is 4. The van der Waals surface area contributed by atoms with Gasteiger partial charge in [0.25, 0.3) is 0 Å². The Morgan fingerprint density at radius 1 is 1.14 bits per heavy atom. The van der Waals surface area contributed by atoms with Gasteiger partial charge in [-0.2, -0.15) is 13.2 Å². The maximum Gasteiger partial charge on any atom is 0.451 e. The molecule has 0 amide bonds. The van der Waals surface area contributed by atoms with Crippen molar-refractivity contribution in [3.63, 3.8) is 0 Å². The van der Waals surface area contributed by atoms with E-state index in [1.807, 2.05) is 0 Å². The van der Waals surface area contributed by atoms with Crippen molar-refractivity contribution in [1.82, 2.24) is 9.97 Å². The molecule has 0 aliphatic carbocycles. The quantitative estimate of drug-likeness (QED) is 0.852. The Labute approximate surface area is 118 Å². The zero-order chi connectivity index (χ0) is 15.5. The molecule has 1 aromatic heterocycles. The highest BCUT2D eigenvalue weighted by atomic mass is 19.4. The maximum absolute atomic E-state index is 13.4. The fourth-order valence-corrected chi connectivity index (χ4v) is 1.71. The summed E-state index contributed by atoms with van der Waals surface area (Å²) < 4.78 is 51.0. The number of hydrogen-bond donors (Lipinski definition) is 2. The molecule has 21 heavy (non-hydrogen) atoms. The fourth-order valence-electron chi connectivity index (χ4n) is 1.71. The summed E-state index contributed by atoms with van der Waals surface area (Å²) in [5.74, 6) is -2.01. The van der Waals surface area contributed by atoms with Crippen molar-refractivity contribution in [1.29, 1.82) is 0 Å². The van der Waals surface area contributed by atoms with Gasteiger partial charge >= 0.3 is 6.18 Å². The summed E-state index contributed by atoms with van der Waals surface area (Å²) in [4.78, 5) is 6.46. The van der Waals surface area contributed by atoms with Crippen LogP contribution in [0.4, 0.5) is 29.2 Å². The molecule has 1 heterocycles. The zero-order valence-corrected chi connectivity index (χ0v) is 10.8. The molecule has 0 atom stereocenters. The van der Waals surface area contributed by atoms with Crippen molar-refractivity contribution < 1.29 is 17.6 Å². The van der Waals surface area contributed by atoms with Crippen molar-refractivity contribution in [3.8, 4) is 0 Å². The average molecular weight is 300 g/mol. The second-order valence-electron chi connectivity index (χ2n) is 4.27. The highest BCUT2D eigenvalue weighted by Crippen LogP contribution is 2.27. The monoisotopic (exact) mass is 300 g/mol. The van der Waals surface area contributed by atoms with Gasteiger partial charge in [0.2, 0.25) is 5.82 Å². The largest absolute Gasteiger partial charge is 0.451 e. The molecule has 0 spiro atoms. The zero-order valence-electron chi connectivity index (χ0n) is 10.8. The molecule has 0 unspecified atom stereocenters. The van der Waals surface area contributed by atoms with Crippen LogP contribution in [0, 0.1) is 5.82 Å². The first-order valence-corrected chi connectivity index (χ1v) is 6.05. The second-order valence-corrected chi connectivity index (χ2v) is 4.27. The van der Waals surface area contributed by atoms with E-state index >= 15 is 0 Å². The Balaban J connectivity index is 2.04. The van der Waals surface area contributed by atoms with E-state index < -0.39 is 12.0 Å². The fraction of sp³-hybridized carbons (Fsp3) is 0.231. The van der Waals surface area contributed by atoms with Gasteiger partial charge in [0.05, 0.1) is 0 Å². The van der Waals surface area contributed by atoms with E-state index in [0.29, 0.717) is 12.0 Å². The van der Waals surface area contributed by atoms with Gasteiger partial charge in [-0.3, -0.25) is 0 Å². The summed E-state index contributed by atoms with van der Waals surface area (Å²) in [7, 11) is 0. The first kappa shape index (κ1) is 15.0. The number of nitrogen functional groups attached to an aromatic ring is 1. The summed E-state index contributed by atoms with van der Waals surface area (Å²) in [5.41, 5.74) is 5.77. The minimum Gasteiger partial charge on any atom is -0.384 e. The average Bonchev–Trinajstić information content (AvgIpc) is 2.39. The smallest absolute Gasteiger partial charge is 0.384 e. The Hall–Kier alpha value is -2.38. The minimum atomic E-state index is -4.67. The van der Waals surface area contributed by atoms with Crippen LogP contribution in [0.15, 0.2) is 30.3 Å². The molecule has 0 saturated heterocycles. The van der Waals surface area contributed by atoms with Crippen LogP contribution < -0.4 is 11.1 Å². The molecule has 0 fully saturated rings. The summed E-state index contributed by atoms with van der Waals surface area (Å²) in [6, 6.07) is 7.36. The summed E-state index contributed by atoms with van der Waals surface area (Å²) in [6.45, 7) is 0.217. The molecule has 0 aliphatic heterocycles. The third-order valence-electron chi connectivity index (χ3n) is 2.66. The lowest BCUT2D eigenvalue weighted by Gasteiger charge is -2.10. The number of alkyl halides is 3. The molecular weight excluding hydrogens is 288 g/mol. The standard InChI is InChI=1S/C13H12F4N4/c14-9-4-2-1-3-8(9)5-6-19-11-7-10(18)20-12(21-11)13(15,16)17/h1-4,7H,5-6H2,(H3,18,19,20,21). The van der Waals surface area contributed by atoms with Crippen molar-refractivity contribution in [2.75, 3.05) is 17.6 Å². The first-order valence-electron chi connectivity index (χ1n) is 6.05. The van der Waals surface area contributed by atoms with Crippen LogP contribution >= 0.6 is 0 Å². The van der Waals surface area contributed by atoms with E-state index in [0.717, 1.165) is 0 Å². The number of aromatic nitrogens is 2. The number of nitrogens with two attached hydrogens (primary N) is 1. The number of nitrogens with one attached hydrogen (secondary N) is 1. The third-order valence-corrected chi connectivity index (χ3v) is 2.66. The van der Waals surface area contributed by atoms with Crippen LogP contribution in [-0.2, 0) is 12.6 Å². The molecule has 4 nitrogen and oxygen atoms in total. The van der Waals surface area contributed by atoms with E-state index in [1.54, 1.807) is 18.2 Å². The van der Waals surface area contributed by atoms with Crippen LogP contribution in [0.2, 0.25) is 0 Å². The van der Waals surface area contributed by atoms with Gasteiger partial charge in [0.15, 0.2) is 0 Å². The Morgan fingerprint density at radius 3 is 2.52 bits per heavy atom. The van der Waals surface area contributed by atoms with Crippen LogP contribution in [0.1, 0.15) is 11.4 Å². The van der Waals surface area contributed by atoms with Gasteiger partial charge in [0.1, 0.15) is 17.5 Å². The lowest BCUT2D eigenvalue weighted by molar-refractivity contribution is -0.144. The summed E-state index contributed by atoms with van der Waals surface area (Å²) in [5, 5.41) is 2.68. The lowest BCUT2D eigenvalue weighted by atomic mass is 10.1. The highest BCUT2D eigenvalue weighted by Gasteiger charge is 2.35. The number of halogens is 4. The SMILES string of the molecule is Nc1cc(NCCc2ccccc2F)nc(C(F)(F)F)n1. The van der Waals surface area contributed by atoms with E-state index in [2.05, 4.69) is 15.3 Å². The van der Waals surface area contributed by atoms with E-state index in [1.165, 1.54) is 12.1 Å². The number of rotatable bonds is 4. The van der Waals surface area contributed by atoms with E-state index in [4.69, 9.17) is 5.73 Å². The minimum absolute atomic E-state index is 0.0498. The highest BCUT2D eigenvalue weighted by molar-refractivity contribution is 5.45. The normalized spacial score (nSPS) is 11.4. The molecule has 0 bridgehead atoms. The molecule has 2 rings (SSSR count). The van der Waals surface area contributed by atoms with Crippen LogP contribution in [0.3, 0.4) is 0 Å². The van der Waals surface area contributed by atoms with Gasteiger partial charge in [-0.05, 0) is 18.1 Å². The van der Waals surface area contributed by atoms with Crippen molar-refractivity contribution >= 4 is 11.6 Å². The number of anilines is 2. The second kappa shape index (κ2) is 5.94. The van der Waals surface area contributed by atoms with Gasteiger partial charge < -0.3 is 11.1 Å². The number of nitrogens with zero attached hydrogens (tertiary/aromatic N) is 2. The van der Waals surface area contributed by atoms with Gasteiger partial charge in [-0.25, -0.2) is 14.4 Å². The molecule has 1 aromatic carbocycles. The van der Waals surface area contributed by atoms with Crippen LogP contribution in [-0.4, -0.2) is 16.5 Å². The molecule has 8 heteroatoms. The maximum atomic E-state index is 13.4. The van der Waals surface area contributed by atoms with E-state index in [-0.39, 0.29) is 24.0 Å². The van der Waals surface area contributed by atoms with E-state index in [9.17, 15) is 17.6 Å². The molecule has 2 aromatic rings. The Kier molecular flexibility index (Phi) is 4.25. The molecule has 3 N–H and O–H groups in total. The van der Waals surface area contributed by atoms with Crippen LogP contribution in [0.5, 0.6) is 0 Å². The predicted molar refractivity (Wildman–Crippen MR) is 70.0 cm³/mol. The van der Waals surface area contributed by atoms with Crippen molar-refractivity contribution in [3.05, 3.63) is 47.5 Å². The van der Waals surface area contributed by atoms with Gasteiger partial charge in [-0.15, -0.1) is 0 Å². The third kappa shape index (κ3) is 4.04. The van der Waals surface area contributed by atoms with Gasteiger partial charge in [-0.1, -0.05) is 18.2 Å². The van der Waals surface area contributed by atoms with Crippen molar-refractivity contribution in [2.45, 2.75) is 12.6 Å². The Morgan fingerprint density at radius 2 is 1.86 bits per heavy atom.